The number of aryl methyl sites for hydroxylation is 2. The van der Waals surface area contributed by atoms with Gasteiger partial charge in [0.1, 0.15) is 6.04 Å². The molecule has 152 valence electrons. The molecule has 0 bridgehead atoms. The first kappa shape index (κ1) is 20.3. The van der Waals surface area contributed by atoms with Crippen LogP contribution in [0.4, 0.5) is 5.69 Å². The highest BCUT2D eigenvalue weighted by atomic mass is 16.5. The molecule has 0 aliphatic heterocycles. The molecular weight excluding hydrogens is 370 g/mol. The largest absolute Gasteiger partial charge is 0.464 e. The average molecular weight is 395 g/mol. The molecule has 2 amide bonds. The average Bonchev–Trinajstić information content (AvgIpc) is 3.07. The van der Waals surface area contributed by atoms with Crippen molar-refractivity contribution in [1.82, 2.24) is 20.3 Å². The van der Waals surface area contributed by atoms with Gasteiger partial charge in [-0.3, -0.25) is 9.59 Å². The lowest BCUT2D eigenvalue weighted by molar-refractivity contribution is -0.125. The molecule has 1 unspecified atom stereocenters. The first-order valence-corrected chi connectivity index (χ1v) is 9.50. The predicted molar refractivity (Wildman–Crippen MR) is 111 cm³/mol. The van der Waals surface area contributed by atoms with Crippen molar-refractivity contribution in [3.8, 4) is 6.01 Å². The molecule has 2 aromatic heterocycles. The Balaban J connectivity index is 1.84. The summed E-state index contributed by atoms with van der Waals surface area (Å²) in [5, 5.41) is 6.63. The van der Waals surface area contributed by atoms with E-state index in [0.29, 0.717) is 30.1 Å². The molecule has 29 heavy (non-hydrogen) atoms. The molecule has 3 aromatic rings. The van der Waals surface area contributed by atoms with Gasteiger partial charge in [-0.15, -0.1) is 0 Å². The van der Waals surface area contributed by atoms with E-state index in [1.54, 1.807) is 13.8 Å². The first-order chi connectivity index (χ1) is 13.9. The standard InChI is InChI=1S/C21H25N5O3/c1-5-29-21-23-12(2)19(13(3)24-21)26-20(28)18(25-14(4)27)10-15-11-22-17-9-7-6-8-16(15)17/h6-9,11,18,22H,5,10H2,1-4H3,(H,25,27)(H,26,28). The van der Waals surface area contributed by atoms with Gasteiger partial charge in [-0.2, -0.15) is 9.97 Å². The van der Waals surface area contributed by atoms with E-state index in [-0.39, 0.29) is 17.8 Å². The van der Waals surface area contributed by atoms with E-state index in [9.17, 15) is 9.59 Å². The second-order valence-corrected chi connectivity index (χ2v) is 6.79. The van der Waals surface area contributed by atoms with Crippen molar-refractivity contribution in [3.05, 3.63) is 47.4 Å². The molecular formula is C21H25N5O3. The van der Waals surface area contributed by atoms with Gasteiger partial charge in [0.15, 0.2) is 0 Å². The Morgan fingerprint density at radius 1 is 1.17 bits per heavy atom. The summed E-state index contributed by atoms with van der Waals surface area (Å²) in [6.07, 6.45) is 2.22. The van der Waals surface area contributed by atoms with E-state index in [2.05, 4.69) is 25.6 Å². The van der Waals surface area contributed by atoms with Gasteiger partial charge in [0, 0.05) is 30.4 Å². The number of para-hydroxylation sites is 1. The molecule has 0 aliphatic carbocycles. The summed E-state index contributed by atoms with van der Waals surface area (Å²) in [5.74, 6) is -0.606. The highest BCUT2D eigenvalue weighted by Gasteiger charge is 2.23. The maximum absolute atomic E-state index is 13.0. The Kier molecular flexibility index (Phi) is 6.11. The van der Waals surface area contributed by atoms with Gasteiger partial charge in [0.2, 0.25) is 11.8 Å². The van der Waals surface area contributed by atoms with Crippen LogP contribution >= 0.6 is 0 Å². The van der Waals surface area contributed by atoms with E-state index in [1.165, 1.54) is 6.92 Å². The number of H-pyrrole nitrogens is 1. The number of aromatic amines is 1. The molecule has 8 nitrogen and oxygen atoms in total. The molecule has 0 saturated heterocycles. The van der Waals surface area contributed by atoms with Gasteiger partial charge in [-0.25, -0.2) is 0 Å². The van der Waals surface area contributed by atoms with E-state index >= 15 is 0 Å². The van der Waals surface area contributed by atoms with Crippen LogP contribution in [-0.2, 0) is 16.0 Å². The Hall–Kier alpha value is -3.42. The van der Waals surface area contributed by atoms with Gasteiger partial charge >= 0.3 is 6.01 Å². The molecule has 0 fully saturated rings. The van der Waals surface area contributed by atoms with Crippen LogP contribution in [0.25, 0.3) is 10.9 Å². The number of nitrogens with one attached hydrogen (secondary N) is 3. The van der Waals surface area contributed by atoms with Gasteiger partial charge in [-0.05, 0) is 32.4 Å². The summed E-state index contributed by atoms with van der Waals surface area (Å²) in [4.78, 5) is 36.5. The van der Waals surface area contributed by atoms with Crippen LogP contribution in [0.5, 0.6) is 6.01 Å². The number of rotatable bonds is 7. The monoisotopic (exact) mass is 395 g/mol. The fourth-order valence-corrected chi connectivity index (χ4v) is 3.25. The molecule has 2 heterocycles. The Morgan fingerprint density at radius 3 is 2.52 bits per heavy atom. The minimum Gasteiger partial charge on any atom is -0.464 e. The number of hydrogen-bond donors (Lipinski definition) is 3. The SMILES string of the molecule is CCOc1nc(C)c(NC(=O)C(Cc2c[nH]c3ccccc23)NC(C)=O)c(C)n1. The molecule has 0 aliphatic rings. The van der Waals surface area contributed by atoms with Crippen molar-refractivity contribution in [2.24, 2.45) is 0 Å². The third-order valence-corrected chi connectivity index (χ3v) is 4.56. The number of benzene rings is 1. The van der Waals surface area contributed by atoms with Crippen molar-refractivity contribution in [1.29, 1.82) is 0 Å². The van der Waals surface area contributed by atoms with Crippen LogP contribution in [-0.4, -0.2) is 39.4 Å². The van der Waals surface area contributed by atoms with Crippen molar-refractivity contribution < 1.29 is 14.3 Å². The Labute approximate surface area is 169 Å². The summed E-state index contributed by atoms with van der Waals surface area (Å²) in [7, 11) is 0. The van der Waals surface area contributed by atoms with E-state index in [4.69, 9.17) is 4.74 Å². The number of carbonyl (C=O) groups is 2. The highest BCUT2D eigenvalue weighted by molar-refractivity contribution is 5.98. The second-order valence-electron chi connectivity index (χ2n) is 6.79. The first-order valence-electron chi connectivity index (χ1n) is 9.50. The summed E-state index contributed by atoms with van der Waals surface area (Å²) < 4.78 is 5.34. The van der Waals surface area contributed by atoms with Crippen molar-refractivity contribution in [3.63, 3.8) is 0 Å². The fourth-order valence-electron chi connectivity index (χ4n) is 3.25. The van der Waals surface area contributed by atoms with E-state index in [1.807, 2.05) is 37.4 Å². The predicted octanol–water partition coefficient (Wildman–Crippen LogP) is 2.66. The van der Waals surface area contributed by atoms with Crippen LogP contribution in [0.2, 0.25) is 0 Å². The fraction of sp³-hybridized carbons (Fsp3) is 0.333. The summed E-state index contributed by atoms with van der Waals surface area (Å²) in [6, 6.07) is 7.37. The zero-order valence-corrected chi connectivity index (χ0v) is 17.0. The number of aromatic nitrogens is 3. The summed E-state index contributed by atoms with van der Waals surface area (Å²) in [6.45, 7) is 7.26. The quantitative estimate of drug-likeness (QED) is 0.570. The molecule has 3 rings (SSSR count). The summed E-state index contributed by atoms with van der Waals surface area (Å²) >= 11 is 0. The molecule has 1 atom stereocenters. The second kappa shape index (κ2) is 8.72. The maximum Gasteiger partial charge on any atom is 0.316 e. The third kappa shape index (κ3) is 4.71. The van der Waals surface area contributed by atoms with Crippen molar-refractivity contribution >= 4 is 28.4 Å². The van der Waals surface area contributed by atoms with Crippen LogP contribution in [0.15, 0.2) is 30.5 Å². The number of hydrogen-bond acceptors (Lipinski definition) is 5. The number of amides is 2. The molecule has 8 heteroatoms. The lowest BCUT2D eigenvalue weighted by Crippen LogP contribution is -2.44. The van der Waals surface area contributed by atoms with Crippen LogP contribution < -0.4 is 15.4 Å². The Bertz CT molecular complexity index is 1020. The zero-order chi connectivity index (χ0) is 21.0. The zero-order valence-electron chi connectivity index (χ0n) is 17.0. The highest BCUT2D eigenvalue weighted by Crippen LogP contribution is 2.22. The normalized spacial score (nSPS) is 11.9. The maximum atomic E-state index is 13.0. The Morgan fingerprint density at radius 2 is 1.86 bits per heavy atom. The lowest BCUT2D eigenvalue weighted by atomic mass is 10.0. The van der Waals surface area contributed by atoms with Gasteiger partial charge in [0.25, 0.3) is 0 Å². The lowest BCUT2D eigenvalue weighted by Gasteiger charge is -2.19. The van der Waals surface area contributed by atoms with Crippen LogP contribution in [0.3, 0.4) is 0 Å². The van der Waals surface area contributed by atoms with Gasteiger partial charge in [0.05, 0.1) is 23.7 Å². The smallest absolute Gasteiger partial charge is 0.316 e. The van der Waals surface area contributed by atoms with Crippen LogP contribution in [0.1, 0.15) is 30.8 Å². The van der Waals surface area contributed by atoms with E-state index in [0.717, 1.165) is 16.5 Å². The minimum absolute atomic E-state index is 0.276. The van der Waals surface area contributed by atoms with Gasteiger partial charge in [-0.1, -0.05) is 18.2 Å². The number of anilines is 1. The number of nitrogens with zero attached hydrogens (tertiary/aromatic N) is 2. The van der Waals surface area contributed by atoms with Crippen molar-refractivity contribution in [2.45, 2.75) is 40.2 Å². The van der Waals surface area contributed by atoms with Crippen molar-refractivity contribution in [2.75, 3.05) is 11.9 Å². The van der Waals surface area contributed by atoms with E-state index < -0.39 is 6.04 Å². The molecule has 1 aromatic carbocycles. The minimum atomic E-state index is -0.739. The summed E-state index contributed by atoms with van der Waals surface area (Å²) in [5.41, 5.74) is 3.65. The molecule has 0 saturated carbocycles. The number of ether oxygens (including phenoxy) is 1. The molecule has 3 N–H and O–H groups in total. The topological polar surface area (TPSA) is 109 Å². The van der Waals surface area contributed by atoms with Gasteiger partial charge < -0.3 is 20.4 Å². The van der Waals surface area contributed by atoms with Crippen LogP contribution in [0, 0.1) is 13.8 Å². The third-order valence-electron chi connectivity index (χ3n) is 4.56. The number of fused-ring (bicyclic) bond motifs is 1. The number of carbonyl (C=O) groups excluding carboxylic acids is 2. The molecule has 0 spiro atoms. The molecule has 0 radical (unpaired) electrons.